The van der Waals surface area contributed by atoms with Crippen LogP contribution in [0.2, 0.25) is 0 Å². The number of hydrogen-bond acceptors (Lipinski definition) is 4. The zero-order valence-corrected chi connectivity index (χ0v) is 12.7. The summed E-state index contributed by atoms with van der Waals surface area (Å²) in [6, 6.07) is 0.570. The van der Waals surface area contributed by atoms with Crippen molar-refractivity contribution < 1.29 is 0 Å². The molecule has 0 saturated heterocycles. The molecule has 2 atom stereocenters. The van der Waals surface area contributed by atoms with E-state index in [0.717, 1.165) is 23.1 Å². The summed E-state index contributed by atoms with van der Waals surface area (Å²) in [6.07, 6.45) is 3.80. The lowest BCUT2D eigenvalue weighted by Gasteiger charge is -2.20. The third kappa shape index (κ3) is 3.17. The van der Waals surface area contributed by atoms with E-state index in [0.29, 0.717) is 11.9 Å². The Morgan fingerprint density at radius 1 is 1.32 bits per heavy atom. The summed E-state index contributed by atoms with van der Waals surface area (Å²) < 4.78 is 0. The Bertz CT molecular complexity index is 462. The van der Waals surface area contributed by atoms with Crippen LogP contribution in [0.1, 0.15) is 58.3 Å². The molecule has 3 N–H and O–H groups in total. The molecule has 2 rings (SSSR count). The Kier molecular flexibility index (Phi) is 3.70. The van der Waals surface area contributed by atoms with Crippen LogP contribution >= 0.6 is 0 Å². The second-order valence-electron chi connectivity index (χ2n) is 6.69. The minimum atomic E-state index is -0.0787. The molecule has 0 aromatic carbocycles. The summed E-state index contributed by atoms with van der Waals surface area (Å²) in [4.78, 5) is 9.09. The quantitative estimate of drug-likeness (QED) is 0.874. The van der Waals surface area contributed by atoms with E-state index in [9.17, 15) is 0 Å². The Morgan fingerprint density at radius 2 is 2.00 bits per heavy atom. The highest BCUT2D eigenvalue weighted by atomic mass is 15.1. The molecule has 0 aliphatic heterocycles. The fraction of sp³-hybridized carbons (Fsp3) is 0.733. The van der Waals surface area contributed by atoms with Crippen LogP contribution in [0.15, 0.2) is 0 Å². The third-order valence-electron chi connectivity index (χ3n) is 3.76. The van der Waals surface area contributed by atoms with Crippen LogP contribution in [0, 0.1) is 12.8 Å². The molecule has 1 fully saturated rings. The van der Waals surface area contributed by atoms with Crippen molar-refractivity contribution in [3.63, 3.8) is 0 Å². The van der Waals surface area contributed by atoms with Crippen molar-refractivity contribution >= 4 is 11.6 Å². The summed E-state index contributed by atoms with van der Waals surface area (Å²) in [5.41, 5.74) is 6.91. The molecule has 106 valence electrons. The van der Waals surface area contributed by atoms with E-state index >= 15 is 0 Å². The third-order valence-corrected chi connectivity index (χ3v) is 3.76. The van der Waals surface area contributed by atoms with E-state index < -0.39 is 0 Å². The summed E-state index contributed by atoms with van der Waals surface area (Å²) >= 11 is 0. The standard InChI is InChI=1S/C15H26N4/c1-6-7-10-8-11(10)17-13-9(2)12(16)18-14(19-13)15(3,4)5/h10-11H,6-8H2,1-5H3,(H3,16,17,18,19). The SMILES string of the molecule is CCCC1CC1Nc1nc(C(C)(C)C)nc(N)c1C. The van der Waals surface area contributed by atoms with Gasteiger partial charge in [-0.15, -0.1) is 0 Å². The van der Waals surface area contributed by atoms with Crippen molar-refractivity contribution in [3.05, 3.63) is 11.4 Å². The predicted octanol–water partition coefficient (Wildman–Crippen LogP) is 3.27. The van der Waals surface area contributed by atoms with Crippen LogP contribution in [-0.4, -0.2) is 16.0 Å². The first-order valence-electron chi connectivity index (χ1n) is 7.24. The van der Waals surface area contributed by atoms with Gasteiger partial charge in [0.1, 0.15) is 17.5 Å². The largest absolute Gasteiger partial charge is 0.383 e. The maximum Gasteiger partial charge on any atom is 0.138 e. The van der Waals surface area contributed by atoms with Gasteiger partial charge in [-0.25, -0.2) is 9.97 Å². The first kappa shape index (κ1) is 14.1. The average molecular weight is 262 g/mol. The summed E-state index contributed by atoms with van der Waals surface area (Å²) in [7, 11) is 0. The molecule has 1 heterocycles. The maximum atomic E-state index is 6.02. The van der Waals surface area contributed by atoms with Gasteiger partial charge in [0.15, 0.2) is 0 Å². The second-order valence-corrected chi connectivity index (χ2v) is 6.69. The Morgan fingerprint density at radius 3 is 2.58 bits per heavy atom. The van der Waals surface area contributed by atoms with Crippen molar-refractivity contribution in [2.45, 2.75) is 65.3 Å². The number of rotatable bonds is 4. The van der Waals surface area contributed by atoms with Crippen molar-refractivity contribution in [2.24, 2.45) is 5.92 Å². The molecule has 0 amide bonds. The molecule has 19 heavy (non-hydrogen) atoms. The molecule has 1 aromatic rings. The second kappa shape index (κ2) is 4.99. The van der Waals surface area contributed by atoms with Crippen LogP contribution in [-0.2, 0) is 5.41 Å². The molecule has 0 radical (unpaired) electrons. The van der Waals surface area contributed by atoms with Gasteiger partial charge in [0.05, 0.1) is 0 Å². The predicted molar refractivity (Wildman–Crippen MR) is 80.3 cm³/mol. The smallest absolute Gasteiger partial charge is 0.138 e. The number of nitrogen functional groups attached to an aromatic ring is 1. The van der Waals surface area contributed by atoms with Crippen molar-refractivity contribution in [2.75, 3.05) is 11.1 Å². The minimum absolute atomic E-state index is 0.0787. The van der Waals surface area contributed by atoms with Gasteiger partial charge >= 0.3 is 0 Å². The zero-order valence-electron chi connectivity index (χ0n) is 12.7. The van der Waals surface area contributed by atoms with E-state index in [4.69, 9.17) is 5.73 Å². The number of nitrogens with zero attached hydrogens (tertiary/aromatic N) is 2. The van der Waals surface area contributed by atoms with Gasteiger partial charge in [0.2, 0.25) is 0 Å². The van der Waals surface area contributed by atoms with Gasteiger partial charge in [-0.1, -0.05) is 34.1 Å². The van der Waals surface area contributed by atoms with Crippen LogP contribution in [0.5, 0.6) is 0 Å². The molecule has 1 aliphatic rings. The van der Waals surface area contributed by atoms with Crippen molar-refractivity contribution in [3.8, 4) is 0 Å². The highest BCUT2D eigenvalue weighted by molar-refractivity contribution is 5.56. The van der Waals surface area contributed by atoms with E-state index in [1.165, 1.54) is 19.3 Å². The van der Waals surface area contributed by atoms with Crippen molar-refractivity contribution in [1.82, 2.24) is 9.97 Å². The number of nitrogens with two attached hydrogens (primary N) is 1. The Balaban J connectivity index is 2.18. The van der Waals surface area contributed by atoms with E-state index in [2.05, 4.69) is 43.0 Å². The summed E-state index contributed by atoms with van der Waals surface area (Å²) in [6.45, 7) is 10.6. The number of nitrogens with one attached hydrogen (secondary N) is 1. The van der Waals surface area contributed by atoms with Crippen molar-refractivity contribution in [1.29, 1.82) is 0 Å². The molecular formula is C15H26N4. The van der Waals surface area contributed by atoms with Gasteiger partial charge in [0, 0.05) is 17.0 Å². The fourth-order valence-corrected chi connectivity index (χ4v) is 2.30. The summed E-state index contributed by atoms with van der Waals surface area (Å²) in [5, 5.41) is 3.54. The first-order chi connectivity index (χ1) is 8.82. The lowest BCUT2D eigenvalue weighted by atomic mass is 9.95. The molecule has 4 heteroatoms. The van der Waals surface area contributed by atoms with E-state index in [1.807, 2.05) is 6.92 Å². The van der Waals surface area contributed by atoms with Gasteiger partial charge in [0.25, 0.3) is 0 Å². The van der Waals surface area contributed by atoms with Gasteiger partial charge in [-0.2, -0.15) is 0 Å². The highest BCUT2D eigenvalue weighted by Gasteiger charge is 2.36. The number of anilines is 2. The monoisotopic (exact) mass is 262 g/mol. The van der Waals surface area contributed by atoms with E-state index in [1.54, 1.807) is 0 Å². The lowest BCUT2D eigenvalue weighted by molar-refractivity contribution is 0.546. The zero-order chi connectivity index (χ0) is 14.2. The highest BCUT2D eigenvalue weighted by Crippen LogP contribution is 2.38. The minimum Gasteiger partial charge on any atom is -0.383 e. The van der Waals surface area contributed by atoms with E-state index in [-0.39, 0.29) is 5.41 Å². The molecule has 2 unspecified atom stereocenters. The number of aromatic nitrogens is 2. The summed E-state index contributed by atoms with van der Waals surface area (Å²) in [5.74, 6) is 3.13. The Hall–Kier alpha value is -1.32. The van der Waals surface area contributed by atoms with Crippen LogP contribution < -0.4 is 11.1 Å². The average Bonchev–Trinajstić information content (AvgIpc) is 3.02. The van der Waals surface area contributed by atoms with Gasteiger partial charge in [-0.3, -0.25) is 0 Å². The van der Waals surface area contributed by atoms with Crippen LogP contribution in [0.3, 0.4) is 0 Å². The lowest BCUT2D eigenvalue weighted by Crippen LogP contribution is -2.20. The molecule has 4 nitrogen and oxygen atoms in total. The van der Waals surface area contributed by atoms with Gasteiger partial charge < -0.3 is 11.1 Å². The normalized spacial score (nSPS) is 22.4. The van der Waals surface area contributed by atoms with Gasteiger partial charge in [-0.05, 0) is 25.7 Å². The molecule has 1 aliphatic carbocycles. The topological polar surface area (TPSA) is 63.8 Å². The molecule has 1 saturated carbocycles. The molecular weight excluding hydrogens is 236 g/mol. The first-order valence-corrected chi connectivity index (χ1v) is 7.24. The maximum absolute atomic E-state index is 6.02. The Labute approximate surface area is 116 Å². The van der Waals surface area contributed by atoms with Crippen LogP contribution in [0.4, 0.5) is 11.6 Å². The molecule has 1 aromatic heterocycles. The van der Waals surface area contributed by atoms with Crippen LogP contribution in [0.25, 0.3) is 0 Å². The molecule has 0 bridgehead atoms. The fourth-order valence-electron chi connectivity index (χ4n) is 2.30. The number of hydrogen-bond donors (Lipinski definition) is 2. The molecule has 0 spiro atoms.